The van der Waals surface area contributed by atoms with E-state index in [1.165, 1.54) is 12.1 Å². The summed E-state index contributed by atoms with van der Waals surface area (Å²) in [4.78, 5) is 23.1. The van der Waals surface area contributed by atoms with Gasteiger partial charge in [-0.25, -0.2) is 4.79 Å². The molecule has 0 saturated heterocycles. The molecule has 4 nitrogen and oxygen atoms in total. The SMILES string of the molecule is O=C(O)c1ccc(C(=O)Nc2c(Cl)cc(Br)cc2Cl)s1. The minimum atomic E-state index is -1.08. The lowest BCUT2D eigenvalue weighted by atomic mass is 10.3. The number of nitrogens with one attached hydrogen (secondary N) is 1. The third-order valence-electron chi connectivity index (χ3n) is 2.29. The van der Waals surface area contributed by atoms with E-state index in [2.05, 4.69) is 21.2 Å². The van der Waals surface area contributed by atoms with Gasteiger partial charge in [-0.05, 0) is 24.3 Å². The molecular formula is C12H6BrCl2NO3S. The Bertz CT molecular complexity index is 679. The van der Waals surface area contributed by atoms with Crippen LogP contribution in [0.15, 0.2) is 28.7 Å². The van der Waals surface area contributed by atoms with Gasteiger partial charge in [0.25, 0.3) is 5.91 Å². The molecule has 2 rings (SSSR count). The molecule has 0 unspecified atom stereocenters. The minimum absolute atomic E-state index is 0.0863. The van der Waals surface area contributed by atoms with E-state index < -0.39 is 11.9 Å². The van der Waals surface area contributed by atoms with Crippen LogP contribution in [0.2, 0.25) is 10.0 Å². The quantitative estimate of drug-likeness (QED) is 0.787. The molecule has 8 heteroatoms. The van der Waals surface area contributed by atoms with Crippen LogP contribution >= 0.6 is 50.5 Å². The molecule has 20 heavy (non-hydrogen) atoms. The highest BCUT2D eigenvalue weighted by Gasteiger charge is 2.16. The first kappa shape index (κ1) is 15.3. The van der Waals surface area contributed by atoms with E-state index in [1.54, 1.807) is 12.1 Å². The van der Waals surface area contributed by atoms with Gasteiger partial charge in [0.05, 0.1) is 20.6 Å². The summed E-state index contributed by atoms with van der Waals surface area (Å²) >= 11 is 16.1. The zero-order valence-electron chi connectivity index (χ0n) is 9.62. The molecule has 0 bridgehead atoms. The van der Waals surface area contributed by atoms with Crippen molar-refractivity contribution in [2.75, 3.05) is 5.32 Å². The number of amides is 1. The Morgan fingerprint density at radius 1 is 1.15 bits per heavy atom. The zero-order valence-corrected chi connectivity index (χ0v) is 13.5. The van der Waals surface area contributed by atoms with Gasteiger partial charge in [0, 0.05) is 4.47 Å². The lowest BCUT2D eigenvalue weighted by Gasteiger charge is -2.08. The average Bonchev–Trinajstić information content (AvgIpc) is 2.83. The van der Waals surface area contributed by atoms with Gasteiger partial charge in [-0.3, -0.25) is 4.79 Å². The van der Waals surface area contributed by atoms with E-state index >= 15 is 0 Å². The largest absolute Gasteiger partial charge is 0.477 e. The Labute approximate surface area is 136 Å². The summed E-state index contributed by atoms with van der Waals surface area (Å²) < 4.78 is 0.690. The van der Waals surface area contributed by atoms with Gasteiger partial charge in [-0.2, -0.15) is 0 Å². The predicted molar refractivity (Wildman–Crippen MR) is 83.4 cm³/mol. The smallest absolute Gasteiger partial charge is 0.345 e. The van der Waals surface area contributed by atoms with Crippen molar-refractivity contribution < 1.29 is 14.7 Å². The number of rotatable bonds is 3. The van der Waals surface area contributed by atoms with Gasteiger partial charge >= 0.3 is 5.97 Å². The Balaban J connectivity index is 2.25. The number of hydrogen-bond donors (Lipinski definition) is 2. The molecule has 1 heterocycles. The van der Waals surface area contributed by atoms with Gasteiger partial charge < -0.3 is 10.4 Å². The van der Waals surface area contributed by atoms with Gasteiger partial charge in [0.2, 0.25) is 0 Å². The third-order valence-corrected chi connectivity index (χ3v) is 4.41. The molecular weight excluding hydrogens is 389 g/mol. The molecule has 1 aromatic carbocycles. The second kappa shape index (κ2) is 6.13. The number of carboxylic acids is 1. The number of aromatic carboxylic acids is 1. The Morgan fingerprint density at radius 3 is 2.20 bits per heavy atom. The third kappa shape index (κ3) is 3.32. The van der Waals surface area contributed by atoms with E-state index in [9.17, 15) is 9.59 Å². The van der Waals surface area contributed by atoms with Crippen LogP contribution in [-0.4, -0.2) is 17.0 Å². The van der Waals surface area contributed by atoms with Crippen molar-refractivity contribution in [2.45, 2.75) is 0 Å². The number of benzene rings is 1. The van der Waals surface area contributed by atoms with Crippen LogP contribution in [0.1, 0.15) is 19.3 Å². The van der Waals surface area contributed by atoms with Crippen molar-refractivity contribution in [3.63, 3.8) is 0 Å². The predicted octanol–water partition coefficient (Wildman–Crippen LogP) is 4.77. The highest BCUT2D eigenvalue weighted by molar-refractivity contribution is 9.10. The van der Waals surface area contributed by atoms with E-state index in [1.807, 2.05) is 0 Å². The van der Waals surface area contributed by atoms with E-state index in [-0.39, 0.29) is 25.5 Å². The van der Waals surface area contributed by atoms with Crippen LogP contribution in [0.5, 0.6) is 0 Å². The minimum Gasteiger partial charge on any atom is -0.477 e. The average molecular weight is 395 g/mol. The number of carboxylic acid groups (broad SMARTS) is 1. The van der Waals surface area contributed by atoms with Crippen LogP contribution < -0.4 is 5.32 Å². The molecule has 1 amide bonds. The van der Waals surface area contributed by atoms with Gasteiger partial charge in [-0.1, -0.05) is 39.1 Å². The Morgan fingerprint density at radius 2 is 1.70 bits per heavy atom. The van der Waals surface area contributed by atoms with Crippen LogP contribution in [0, 0.1) is 0 Å². The normalized spacial score (nSPS) is 10.3. The van der Waals surface area contributed by atoms with Crippen molar-refractivity contribution in [1.29, 1.82) is 0 Å². The number of anilines is 1. The summed E-state index contributed by atoms with van der Waals surface area (Å²) in [6.07, 6.45) is 0. The zero-order chi connectivity index (χ0) is 14.9. The summed E-state index contributed by atoms with van der Waals surface area (Å²) in [7, 11) is 0. The first-order valence-electron chi connectivity index (χ1n) is 5.17. The molecule has 2 N–H and O–H groups in total. The number of thiophene rings is 1. The first-order valence-corrected chi connectivity index (χ1v) is 7.54. The topological polar surface area (TPSA) is 66.4 Å². The molecule has 0 saturated carbocycles. The molecule has 1 aromatic heterocycles. The van der Waals surface area contributed by atoms with Gasteiger partial charge in [-0.15, -0.1) is 11.3 Å². The van der Waals surface area contributed by atoms with Crippen molar-refractivity contribution in [1.82, 2.24) is 0 Å². The van der Waals surface area contributed by atoms with Gasteiger partial charge in [0.1, 0.15) is 4.88 Å². The summed E-state index contributed by atoms with van der Waals surface area (Å²) in [6, 6.07) is 6.00. The molecule has 0 aliphatic rings. The maximum Gasteiger partial charge on any atom is 0.345 e. The molecule has 0 aliphatic carbocycles. The highest BCUT2D eigenvalue weighted by Crippen LogP contribution is 2.34. The second-order valence-corrected chi connectivity index (χ2v) is 6.48. The fourth-order valence-corrected chi connectivity index (χ4v) is 3.45. The van der Waals surface area contributed by atoms with Crippen LogP contribution in [0.3, 0.4) is 0 Å². The molecule has 0 aliphatic heterocycles. The lowest BCUT2D eigenvalue weighted by Crippen LogP contribution is -2.11. The van der Waals surface area contributed by atoms with Crippen molar-refractivity contribution >= 4 is 68.0 Å². The fraction of sp³-hybridized carbons (Fsp3) is 0. The summed E-state index contributed by atoms with van der Waals surface area (Å²) in [5, 5.41) is 12.0. The van der Waals surface area contributed by atoms with E-state index in [4.69, 9.17) is 28.3 Å². The first-order chi connectivity index (χ1) is 9.38. The number of halogens is 3. The molecule has 0 spiro atoms. The number of hydrogen-bond acceptors (Lipinski definition) is 3. The second-order valence-electron chi connectivity index (χ2n) is 3.67. The Kier molecular flexibility index (Phi) is 4.70. The van der Waals surface area contributed by atoms with Crippen molar-refractivity contribution in [2.24, 2.45) is 0 Å². The molecule has 104 valence electrons. The Hall–Kier alpha value is -1.08. The van der Waals surface area contributed by atoms with Gasteiger partial charge in [0.15, 0.2) is 0 Å². The summed E-state index contributed by atoms with van der Waals surface area (Å²) in [6.45, 7) is 0. The summed E-state index contributed by atoms with van der Waals surface area (Å²) in [5.74, 6) is -1.54. The maximum absolute atomic E-state index is 12.0. The highest BCUT2D eigenvalue weighted by atomic mass is 79.9. The molecule has 2 aromatic rings. The van der Waals surface area contributed by atoms with Crippen molar-refractivity contribution in [3.05, 3.63) is 48.5 Å². The van der Waals surface area contributed by atoms with Crippen LogP contribution in [0.25, 0.3) is 0 Å². The maximum atomic E-state index is 12.0. The van der Waals surface area contributed by atoms with E-state index in [0.29, 0.717) is 4.47 Å². The number of carbonyl (C=O) groups excluding carboxylic acids is 1. The number of carbonyl (C=O) groups is 2. The van der Waals surface area contributed by atoms with E-state index in [0.717, 1.165) is 11.3 Å². The standard InChI is InChI=1S/C12H6BrCl2NO3S/c13-5-3-6(14)10(7(15)4-5)16-11(17)8-1-2-9(20-8)12(18)19/h1-4H,(H,16,17)(H,18,19). The van der Waals surface area contributed by atoms with Crippen LogP contribution in [-0.2, 0) is 0 Å². The summed E-state index contributed by atoms with van der Waals surface area (Å²) in [5.41, 5.74) is 0.284. The van der Waals surface area contributed by atoms with Crippen molar-refractivity contribution in [3.8, 4) is 0 Å². The monoisotopic (exact) mass is 393 g/mol. The van der Waals surface area contributed by atoms with Crippen LogP contribution in [0.4, 0.5) is 5.69 Å². The fourth-order valence-electron chi connectivity index (χ4n) is 1.41. The molecule has 0 radical (unpaired) electrons. The molecule has 0 fully saturated rings. The molecule has 0 atom stereocenters. The lowest BCUT2D eigenvalue weighted by molar-refractivity contribution is 0.0702.